The first kappa shape index (κ1) is 10.2. The van der Waals surface area contributed by atoms with E-state index < -0.39 is 23.0 Å². The van der Waals surface area contributed by atoms with Crippen molar-refractivity contribution < 1.29 is 13.6 Å². The summed E-state index contributed by atoms with van der Waals surface area (Å²) >= 11 is 0. The number of hydrogen-bond donors (Lipinski definition) is 1. The van der Waals surface area contributed by atoms with Crippen molar-refractivity contribution >= 4 is 5.78 Å². The molecule has 1 fully saturated rings. The third-order valence-corrected chi connectivity index (χ3v) is 2.58. The summed E-state index contributed by atoms with van der Waals surface area (Å²) in [4.78, 5) is 11.6. The molecule has 0 saturated carbocycles. The smallest absolute Gasteiger partial charge is 0.169 e. The number of halogens is 2. The van der Waals surface area contributed by atoms with Crippen molar-refractivity contribution in [1.82, 2.24) is 5.32 Å². The Bertz CT molecular complexity index is 368. The largest absolute Gasteiger partial charge is 0.316 e. The molecular weight excluding hydrogens is 200 g/mol. The van der Waals surface area contributed by atoms with E-state index in [0.29, 0.717) is 0 Å². The fraction of sp³-hybridized carbons (Fsp3) is 0.364. The van der Waals surface area contributed by atoms with Gasteiger partial charge in [-0.2, -0.15) is 0 Å². The molecule has 2 nitrogen and oxygen atoms in total. The SMILES string of the molecule is O=C(CC1CNC1)c1c(F)cccc1F. The van der Waals surface area contributed by atoms with Gasteiger partial charge < -0.3 is 5.32 Å². The van der Waals surface area contributed by atoms with Crippen molar-refractivity contribution in [3.63, 3.8) is 0 Å². The number of hydrogen-bond acceptors (Lipinski definition) is 2. The average Bonchev–Trinajstić information content (AvgIpc) is 2.11. The number of nitrogens with one attached hydrogen (secondary N) is 1. The summed E-state index contributed by atoms with van der Waals surface area (Å²) in [6, 6.07) is 3.47. The molecule has 15 heavy (non-hydrogen) atoms. The fourth-order valence-corrected chi connectivity index (χ4v) is 1.62. The molecular formula is C11H11F2NO. The standard InChI is InChI=1S/C11H11F2NO/c12-8-2-1-3-9(13)11(8)10(15)4-7-5-14-6-7/h1-3,7,14H,4-6H2. The molecule has 2 rings (SSSR count). The van der Waals surface area contributed by atoms with E-state index in [1.54, 1.807) is 0 Å². The Kier molecular flexibility index (Phi) is 2.77. The van der Waals surface area contributed by atoms with Gasteiger partial charge in [-0.05, 0) is 31.1 Å². The summed E-state index contributed by atoms with van der Waals surface area (Å²) in [5, 5.41) is 3.01. The van der Waals surface area contributed by atoms with Crippen LogP contribution in [0.3, 0.4) is 0 Å². The van der Waals surface area contributed by atoms with E-state index in [9.17, 15) is 13.6 Å². The second kappa shape index (κ2) is 4.06. The van der Waals surface area contributed by atoms with Crippen molar-refractivity contribution in [2.75, 3.05) is 13.1 Å². The van der Waals surface area contributed by atoms with Crippen LogP contribution in [-0.2, 0) is 0 Å². The van der Waals surface area contributed by atoms with Gasteiger partial charge in [0.1, 0.15) is 11.6 Å². The number of carbonyl (C=O) groups excluding carboxylic acids is 1. The van der Waals surface area contributed by atoms with Crippen molar-refractivity contribution in [3.05, 3.63) is 35.4 Å². The molecule has 0 bridgehead atoms. The van der Waals surface area contributed by atoms with Crippen LogP contribution in [0, 0.1) is 17.6 Å². The van der Waals surface area contributed by atoms with E-state index in [1.165, 1.54) is 6.07 Å². The molecule has 1 aliphatic heterocycles. The van der Waals surface area contributed by atoms with E-state index in [1.807, 2.05) is 0 Å². The molecule has 1 aromatic carbocycles. The van der Waals surface area contributed by atoms with Crippen LogP contribution in [0.4, 0.5) is 8.78 Å². The Morgan fingerprint density at radius 3 is 2.40 bits per heavy atom. The topological polar surface area (TPSA) is 29.1 Å². The maximum atomic E-state index is 13.2. The molecule has 0 spiro atoms. The summed E-state index contributed by atoms with van der Waals surface area (Å²) in [5.74, 6) is -1.77. The lowest BCUT2D eigenvalue weighted by Gasteiger charge is -2.26. The van der Waals surface area contributed by atoms with Crippen LogP contribution in [0.1, 0.15) is 16.8 Å². The number of rotatable bonds is 3. The van der Waals surface area contributed by atoms with Crippen LogP contribution in [0.5, 0.6) is 0 Å². The van der Waals surface area contributed by atoms with Crippen LogP contribution in [0.2, 0.25) is 0 Å². The van der Waals surface area contributed by atoms with E-state index in [4.69, 9.17) is 0 Å². The molecule has 1 saturated heterocycles. The molecule has 1 N–H and O–H groups in total. The summed E-state index contributed by atoms with van der Waals surface area (Å²) < 4.78 is 26.4. The second-order valence-corrected chi connectivity index (χ2v) is 3.75. The zero-order valence-corrected chi connectivity index (χ0v) is 8.09. The molecule has 0 unspecified atom stereocenters. The summed E-state index contributed by atoms with van der Waals surface area (Å²) in [6.07, 6.45) is 0.213. The van der Waals surface area contributed by atoms with E-state index in [-0.39, 0.29) is 12.3 Å². The van der Waals surface area contributed by atoms with Crippen LogP contribution in [0.15, 0.2) is 18.2 Å². The Morgan fingerprint density at radius 2 is 1.93 bits per heavy atom. The number of ketones is 1. The highest BCUT2D eigenvalue weighted by atomic mass is 19.1. The second-order valence-electron chi connectivity index (χ2n) is 3.75. The lowest BCUT2D eigenvalue weighted by molar-refractivity contribution is 0.0937. The minimum absolute atomic E-state index is 0.213. The number of carbonyl (C=O) groups is 1. The zero-order valence-electron chi connectivity index (χ0n) is 8.09. The zero-order chi connectivity index (χ0) is 10.8. The van der Waals surface area contributed by atoms with Gasteiger partial charge in [0.2, 0.25) is 0 Å². The first-order valence-electron chi connectivity index (χ1n) is 4.86. The highest BCUT2D eigenvalue weighted by Gasteiger charge is 2.24. The lowest BCUT2D eigenvalue weighted by atomic mass is 9.93. The number of benzene rings is 1. The maximum Gasteiger partial charge on any atom is 0.169 e. The van der Waals surface area contributed by atoms with Gasteiger partial charge >= 0.3 is 0 Å². The van der Waals surface area contributed by atoms with Gasteiger partial charge in [-0.3, -0.25) is 4.79 Å². The highest BCUT2D eigenvalue weighted by molar-refractivity contribution is 5.96. The highest BCUT2D eigenvalue weighted by Crippen LogP contribution is 2.18. The third-order valence-electron chi connectivity index (χ3n) is 2.58. The van der Waals surface area contributed by atoms with Gasteiger partial charge in [0.05, 0.1) is 5.56 Å². The van der Waals surface area contributed by atoms with Crippen LogP contribution >= 0.6 is 0 Å². The monoisotopic (exact) mass is 211 g/mol. The van der Waals surface area contributed by atoms with E-state index >= 15 is 0 Å². The van der Waals surface area contributed by atoms with Crippen LogP contribution in [-0.4, -0.2) is 18.9 Å². The Morgan fingerprint density at radius 1 is 1.33 bits per heavy atom. The normalized spacial score (nSPS) is 16.1. The minimum atomic E-state index is -0.771. The summed E-state index contributed by atoms with van der Waals surface area (Å²) in [6.45, 7) is 1.50. The molecule has 1 aliphatic rings. The quantitative estimate of drug-likeness (QED) is 0.772. The first-order chi connectivity index (χ1) is 7.18. The third kappa shape index (κ3) is 2.04. The fourth-order valence-electron chi connectivity index (χ4n) is 1.62. The van der Waals surface area contributed by atoms with Gasteiger partial charge in [-0.15, -0.1) is 0 Å². The molecule has 0 aromatic heterocycles. The Labute approximate surface area is 86.3 Å². The van der Waals surface area contributed by atoms with Gasteiger partial charge in [0.25, 0.3) is 0 Å². The van der Waals surface area contributed by atoms with Gasteiger partial charge in [0, 0.05) is 6.42 Å². The molecule has 4 heteroatoms. The molecule has 0 atom stereocenters. The van der Waals surface area contributed by atoms with Crippen LogP contribution in [0.25, 0.3) is 0 Å². The minimum Gasteiger partial charge on any atom is -0.316 e. The molecule has 0 radical (unpaired) electrons. The van der Waals surface area contributed by atoms with Crippen molar-refractivity contribution in [1.29, 1.82) is 0 Å². The lowest BCUT2D eigenvalue weighted by Crippen LogP contribution is -2.43. The first-order valence-corrected chi connectivity index (χ1v) is 4.86. The molecule has 0 amide bonds. The molecule has 1 heterocycles. The van der Waals surface area contributed by atoms with Crippen molar-refractivity contribution in [2.45, 2.75) is 6.42 Å². The van der Waals surface area contributed by atoms with E-state index in [2.05, 4.69) is 5.32 Å². The maximum absolute atomic E-state index is 13.2. The van der Waals surface area contributed by atoms with Gasteiger partial charge in [-0.25, -0.2) is 8.78 Å². The molecule has 0 aliphatic carbocycles. The summed E-state index contributed by atoms with van der Waals surface area (Å²) in [5.41, 5.74) is -0.399. The van der Waals surface area contributed by atoms with Gasteiger partial charge in [-0.1, -0.05) is 6.07 Å². The van der Waals surface area contributed by atoms with Crippen LogP contribution < -0.4 is 5.32 Å². The molecule has 80 valence electrons. The van der Waals surface area contributed by atoms with Gasteiger partial charge in [0.15, 0.2) is 5.78 Å². The number of Topliss-reactive ketones (excluding diaryl/α,β-unsaturated/α-hetero) is 1. The van der Waals surface area contributed by atoms with Crippen molar-refractivity contribution in [3.8, 4) is 0 Å². The molecule has 1 aromatic rings. The predicted octanol–water partition coefficient (Wildman–Crippen LogP) is 1.76. The summed E-state index contributed by atoms with van der Waals surface area (Å²) in [7, 11) is 0. The van der Waals surface area contributed by atoms with E-state index in [0.717, 1.165) is 25.2 Å². The average molecular weight is 211 g/mol. The Balaban J connectivity index is 2.16. The van der Waals surface area contributed by atoms with Crippen molar-refractivity contribution in [2.24, 2.45) is 5.92 Å². The predicted molar refractivity (Wildman–Crippen MR) is 51.7 cm³/mol. The Hall–Kier alpha value is -1.29.